The molecule has 0 spiro atoms. The molecular formula is C19H23N3O3S. The van der Waals surface area contributed by atoms with E-state index in [2.05, 4.69) is 10.3 Å². The van der Waals surface area contributed by atoms with Gasteiger partial charge in [-0.15, -0.1) is 0 Å². The Morgan fingerprint density at radius 1 is 1.23 bits per heavy atom. The van der Waals surface area contributed by atoms with E-state index in [1.54, 1.807) is 6.07 Å². The number of nitrogens with one attached hydrogen (secondary N) is 1. The molecule has 2 heterocycles. The van der Waals surface area contributed by atoms with E-state index in [9.17, 15) is 13.2 Å². The van der Waals surface area contributed by atoms with E-state index in [1.165, 1.54) is 22.8 Å². The molecule has 138 valence electrons. The van der Waals surface area contributed by atoms with Crippen molar-refractivity contribution in [2.75, 3.05) is 18.4 Å². The van der Waals surface area contributed by atoms with Crippen LogP contribution in [0.4, 0.5) is 5.69 Å². The van der Waals surface area contributed by atoms with Crippen molar-refractivity contribution in [1.29, 1.82) is 0 Å². The molecule has 1 atom stereocenters. The zero-order chi connectivity index (χ0) is 18.7. The lowest BCUT2D eigenvalue weighted by Gasteiger charge is -2.31. The van der Waals surface area contributed by atoms with E-state index in [4.69, 9.17) is 0 Å². The van der Waals surface area contributed by atoms with Crippen LogP contribution in [0.15, 0.2) is 47.6 Å². The summed E-state index contributed by atoms with van der Waals surface area (Å²) in [5, 5.41) is 2.93. The first-order valence-electron chi connectivity index (χ1n) is 8.65. The maximum atomic E-state index is 12.8. The van der Waals surface area contributed by atoms with Crippen molar-refractivity contribution in [3.05, 3.63) is 53.9 Å². The SMILES string of the molecule is Cc1cc(C)cc(NC(=O)C2CCCN(S(=O)(=O)c3cccnc3)C2)c1. The van der Waals surface area contributed by atoms with Gasteiger partial charge in [-0.25, -0.2) is 8.42 Å². The van der Waals surface area contributed by atoms with Crippen molar-refractivity contribution in [1.82, 2.24) is 9.29 Å². The van der Waals surface area contributed by atoms with Gasteiger partial charge in [-0.05, 0) is 62.1 Å². The van der Waals surface area contributed by atoms with Crippen molar-refractivity contribution < 1.29 is 13.2 Å². The molecule has 26 heavy (non-hydrogen) atoms. The summed E-state index contributed by atoms with van der Waals surface area (Å²) in [6.07, 6.45) is 4.21. The average Bonchev–Trinajstić information content (AvgIpc) is 2.61. The normalized spacial score (nSPS) is 18.5. The van der Waals surface area contributed by atoms with Gasteiger partial charge in [0.25, 0.3) is 0 Å². The van der Waals surface area contributed by atoms with Crippen LogP contribution in [-0.2, 0) is 14.8 Å². The van der Waals surface area contributed by atoms with Gasteiger partial charge in [-0.2, -0.15) is 4.31 Å². The Morgan fingerprint density at radius 3 is 2.62 bits per heavy atom. The van der Waals surface area contributed by atoms with Crippen molar-refractivity contribution in [2.45, 2.75) is 31.6 Å². The molecule has 1 amide bonds. The van der Waals surface area contributed by atoms with Gasteiger partial charge in [0.2, 0.25) is 15.9 Å². The largest absolute Gasteiger partial charge is 0.326 e. The fourth-order valence-electron chi connectivity index (χ4n) is 3.31. The molecule has 1 aliphatic heterocycles. The fraction of sp³-hybridized carbons (Fsp3) is 0.368. The molecule has 0 aliphatic carbocycles. The van der Waals surface area contributed by atoms with E-state index in [0.29, 0.717) is 19.4 Å². The van der Waals surface area contributed by atoms with Crippen LogP contribution in [0, 0.1) is 19.8 Å². The lowest BCUT2D eigenvalue weighted by molar-refractivity contribution is -0.120. The fourth-order valence-corrected chi connectivity index (χ4v) is 4.80. The lowest BCUT2D eigenvalue weighted by atomic mass is 9.98. The van der Waals surface area contributed by atoms with Crippen LogP contribution in [0.25, 0.3) is 0 Å². The molecule has 7 heteroatoms. The van der Waals surface area contributed by atoms with Crippen molar-refractivity contribution >= 4 is 21.6 Å². The van der Waals surface area contributed by atoms with Gasteiger partial charge in [0, 0.05) is 31.2 Å². The number of pyridine rings is 1. The Labute approximate surface area is 154 Å². The number of aromatic nitrogens is 1. The van der Waals surface area contributed by atoms with E-state index >= 15 is 0 Å². The average molecular weight is 373 g/mol. The van der Waals surface area contributed by atoms with Gasteiger partial charge in [0.05, 0.1) is 5.92 Å². The highest BCUT2D eigenvalue weighted by Gasteiger charge is 2.33. The van der Waals surface area contributed by atoms with Crippen molar-refractivity contribution in [3.8, 4) is 0 Å². The lowest BCUT2D eigenvalue weighted by Crippen LogP contribution is -2.43. The molecule has 1 aliphatic rings. The first kappa shape index (κ1) is 18.5. The van der Waals surface area contributed by atoms with Crippen LogP contribution in [0.1, 0.15) is 24.0 Å². The Hall–Kier alpha value is -2.25. The summed E-state index contributed by atoms with van der Waals surface area (Å²) in [6, 6.07) is 9.00. The molecule has 1 fully saturated rings. The number of benzene rings is 1. The number of sulfonamides is 1. The Bertz CT molecular complexity index is 877. The summed E-state index contributed by atoms with van der Waals surface area (Å²) in [5.74, 6) is -0.503. The summed E-state index contributed by atoms with van der Waals surface area (Å²) in [7, 11) is -3.62. The molecule has 2 aromatic rings. The number of nitrogens with zero attached hydrogens (tertiary/aromatic N) is 2. The molecule has 0 saturated carbocycles. The zero-order valence-electron chi connectivity index (χ0n) is 15.0. The van der Waals surface area contributed by atoms with Gasteiger partial charge in [-0.1, -0.05) is 6.07 Å². The first-order valence-corrected chi connectivity index (χ1v) is 10.1. The summed E-state index contributed by atoms with van der Waals surface area (Å²) in [4.78, 5) is 16.7. The van der Waals surface area contributed by atoms with E-state index < -0.39 is 10.0 Å². The molecule has 1 aromatic heterocycles. The first-order chi connectivity index (χ1) is 12.4. The number of anilines is 1. The van der Waals surface area contributed by atoms with E-state index in [1.807, 2.05) is 32.0 Å². The Balaban J connectivity index is 1.73. The maximum Gasteiger partial charge on any atom is 0.244 e. The van der Waals surface area contributed by atoms with Crippen molar-refractivity contribution in [3.63, 3.8) is 0 Å². The topological polar surface area (TPSA) is 79.4 Å². The molecular weight excluding hydrogens is 350 g/mol. The standard InChI is InChI=1S/C19H23N3O3S/c1-14-9-15(2)11-17(10-14)21-19(23)16-5-4-8-22(13-16)26(24,25)18-6-3-7-20-12-18/h3,6-7,9-12,16H,4-5,8,13H2,1-2H3,(H,21,23). The Kier molecular flexibility index (Phi) is 5.38. The summed E-state index contributed by atoms with van der Waals surface area (Å²) >= 11 is 0. The number of piperidine rings is 1. The smallest absolute Gasteiger partial charge is 0.244 e. The van der Waals surface area contributed by atoms with E-state index in [-0.39, 0.29) is 23.3 Å². The summed E-state index contributed by atoms with van der Waals surface area (Å²) in [5.41, 5.74) is 2.90. The molecule has 0 bridgehead atoms. The third-order valence-corrected chi connectivity index (χ3v) is 6.37. The third kappa shape index (κ3) is 4.11. The van der Waals surface area contributed by atoms with Crippen LogP contribution < -0.4 is 5.32 Å². The van der Waals surface area contributed by atoms with Gasteiger partial charge in [0.1, 0.15) is 4.90 Å². The van der Waals surface area contributed by atoms with E-state index in [0.717, 1.165) is 16.8 Å². The minimum Gasteiger partial charge on any atom is -0.326 e. The number of aryl methyl sites for hydroxylation is 2. The minimum atomic E-state index is -3.62. The number of carbonyl (C=O) groups excluding carboxylic acids is 1. The predicted molar refractivity (Wildman–Crippen MR) is 100 cm³/mol. The Morgan fingerprint density at radius 2 is 1.96 bits per heavy atom. The molecule has 1 unspecified atom stereocenters. The van der Waals surface area contributed by atoms with Crippen LogP contribution in [-0.4, -0.2) is 36.7 Å². The second-order valence-electron chi connectivity index (χ2n) is 6.76. The summed E-state index contributed by atoms with van der Waals surface area (Å²) < 4.78 is 26.9. The summed E-state index contributed by atoms with van der Waals surface area (Å²) in [6.45, 7) is 4.56. The number of hydrogen-bond donors (Lipinski definition) is 1. The second kappa shape index (κ2) is 7.55. The molecule has 1 aromatic carbocycles. The molecule has 3 rings (SSSR count). The molecule has 6 nitrogen and oxygen atoms in total. The van der Waals surface area contributed by atoms with Crippen LogP contribution >= 0.6 is 0 Å². The monoisotopic (exact) mass is 373 g/mol. The third-order valence-electron chi connectivity index (χ3n) is 4.52. The quantitative estimate of drug-likeness (QED) is 0.894. The highest BCUT2D eigenvalue weighted by Crippen LogP contribution is 2.25. The van der Waals surface area contributed by atoms with Gasteiger partial charge >= 0.3 is 0 Å². The van der Waals surface area contributed by atoms with Crippen LogP contribution in [0.5, 0.6) is 0 Å². The van der Waals surface area contributed by atoms with Gasteiger partial charge in [-0.3, -0.25) is 9.78 Å². The molecule has 1 N–H and O–H groups in total. The minimum absolute atomic E-state index is 0.138. The number of hydrogen-bond acceptors (Lipinski definition) is 4. The van der Waals surface area contributed by atoms with Crippen LogP contribution in [0.2, 0.25) is 0 Å². The van der Waals surface area contributed by atoms with Gasteiger partial charge in [0.15, 0.2) is 0 Å². The zero-order valence-corrected chi connectivity index (χ0v) is 15.8. The number of carbonyl (C=O) groups is 1. The van der Waals surface area contributed by atoms with Crippen molar-refractivity contribution in [2.24, 2.45) is 5.92 Å². The van der Waals surface area contributed by atoms with Crippen LogP contribution in [0.3, 0.4) is 0 Å². The highest BCUT2D eigenvalue weighted by atomic mass is 32.2. The highest BCUT2D eigenvalue weighted by molar-refractivity contribution is 7.89. The van der Waals surface area contributed by atoms with Gasteiger partial charge < -0.3 is 5.32 Å². The maximum absolute atomic E-state index is 12.8. The second-order valence-corrected chi connectivity index (χ2v) is 8.69. The molecule has 1 saturated heterocycles. The molecule has 0 radical (unpaired) electrons. The number of rotatable bonds is 4. The predicted octanol–water partition coefficient (Wildman–Crippen LogP) is 2.74. The number of amides is 1.